The zero-order valence-corrected chi connectivity index (χ0v) is 16.1. The lowest BCUT2D eigenvalue weighted by Crippen LogP contribution is -2.38. The van der Waals surface area contributed by atoms with Crippen molar-refractivity contribution < 1.29 is 27.5 Å². The fourth-order valence-corrected chi connectivity index (χ4v) is 3.29. The molecule has 2 heterocycles. The quantitative estimate of drug-likeness (QED) is 0.805. The summed E-state index contributed by atoms with van der Waals surface area (Å²) >= 11 is 0. The highest BCUT2D eigenvalue weighted by Crippen LogP contribution is 2.22. The van der Waals surface area contributed by atoms with E-state index in [2.05, 4.69) is 4.98 Å². The lowest BCUT2D eigenvalue weighted by atomic mass is 10.1. The molecule has 1 N–H and O–H groups in total. The maximum absolute atomic E-state index is 12.9. The molecule has 1 aromatic rings. The number of alkyl halides is 3. The first-order chi connectivity index (χ1) is 12.5. The number of carbonyl (C=O) groups excluding carboxylic acids is 2. The monoisotopic (exact) mass is 389 g/mol. The molecule has 0 aliphatic carbocycles. The molecule has 1 aliphatic heterocycles. The van der Waals surface area contributed by atoms with E-state index in [0.717, 1.165) is 0 Å². The second-order valence-corrected chi connectivity index (χ2v) is 7.12. The molecule has 1 aliphatic rings. The number of halogens is 3. The average Bonchev–Trinajstić information content (AvgIpc) is 2.68. The molecule has 152 valence electrons. The summed E-state index contributed by atoms with van der Waals surface area (Å²) in [5.74, 6) is -0.810. The number of hydrogen-bond acceptors (Lipinski definition) is 4. The highest BCUT2D eigenvalue weighted by molar-refractivity contribution is 6.00. The van der Waals surface area contributed by atoms with Crippen LogP contribution in [-0.4, -0.2) is 71.7 Å². The van der Waals surface area contributed by atoms with Crippen LogP contribution in [0.15, 0.2) is 0 Å². The molecule has 0 saturated carbocycles. The Bertz CT molecular complexity index is 698. The SMILES string of the molecule is Cc1[nH]c(C(=O)N2CCCN(CC(F)(F)F)CC2)c(C)c1C(=O)OC(C)C. The second kappa shape index (κ2) is 8.33. The molecule has 9 heteroatoms. The van der Waals surface area contributed by atoms with Gasteiger partial charge in [0, 0.05) is 31.9 Å². The standard InChI is InChI=1S/C18H26F3N3O3/c1-11(2)27-17(26)14-12(3)15(22-13(14)4)16(25)24-7-5-6-23(8-9-24)10-18(19,20)21/h11,22H,5-10H2,1-4H3. The van der Waals surface area contributed by atoms with E-state index in [1.54, 1.807) is 27.7 Å². The summed E-state index contributed by atoms with van der Waals surface area (Å²) in [5, 5.41) is 0. The van der Waals surface area contributed by atoms with Crippen LogP contribution in [0, 0.1) is 13.8 Å². The lowest BCUT2D eigenvalue weighted by Gasteiger charge is -2.22. The normalized spacial score (nSPS) is 16.5. The van der Waals surface area contributed by atoms with Crippen molar-refractivity contribution in [3.63, 3.8) is 0 Å². The van der Waals surface area contributed by atoms with Gasteiger partial charge < -0.3 is 14.6 Å². The number of amides is 1. The summed E-state index contributed by atoms with van der Waals surface area (Å²) in [6.45, 7) is 6.89. The molecule has 2 rings (SSSR count). The molecular formula is C18H26F3N3O3. The van der Waals surface area contributed by atoms with Gasteiger partial charge in [-0.1, -0.05) is 0 Å². The largest absolute Gasteiger partial charge is 0.459 e. The molecule has 1 saturated heterocycles. The Morgan fingerprint density at radius 1 is 1.15 bits per heavy atom. The molecule has 0 spiro atoms. The summed E-state index contributed by atoms with van der Waals surface area (Å²) < 4.78 is 43.0. The lowest BCUT2D eigenvalue weighted by molar-refractivity contribution is -0.145. The first kappa shape index (κ1) is 21.3. The van der Waals surface area contributed by atoms with Crippen molar-refractivity contribution in [2.75, 3.05) is 32.7 Å². The van der Waals surface area contributed by atoms with Crippen molar-refractivity contribution in [2.45, 2.75) is 46.4 Å². The summed E-state index contributed by atoms with van der Waals surface area (Å²) in [6.07, 6.45) is -4.07. The van der Waals surface area contributed by atoms with Crippen molar-refractivity contribution in [3.8, 4) is 0 Å². The highest BCUT2D eigenvalue weighted by atomic mass is 19.4. The van der Waals surface area contributed by atoms with Crippen molar-refractivity contribution in [1.82, 2.24) is 14.8 Å². The van der Waals surface area contributed by atoms with Crippen LogP contribution in [-0.2, 0) is 4.74 Å². The third-order valence-electron chi connectivity index (χ3n) is 4.48. The number of nitrogens with zero attached hydrogens (tertiary/aromatic N) is 2. The summed E-state index contributed by atoms with van der Waals surface area (Å²) in [7, 11) is 0. The van der Waals surface area contributed by atoms with E-state index in [-0.39, 0.29) is 37.3 Å². The van der Waals surface area contributed by atoms with Gasteiger partial charge in [0.25, 0.3) is 5.91 Å². The van der Waals surface area contributed by atoms with E-state index in [0.29, 0.717) is 29.8 Å². The van der Waals surface area contributed by atoms with Crippen molar-refractivity contribution >= 4 is 11.9 Å². The van der Waals surface area contributed by atoms with E-state index in [1.165, 1.54) is 9.80 Å². The van der Waals surface area contributed by atoms with E-state index in [4.69, 9.17) is 4.74 Å². The van der Waals surface area contributed by atoms with Crippen LogP contribution >= 0.6 is 0 Å². The Kier molecular flexibility index (Phi) is 6.56. The first-order valence-electron chi connectivity index (χ1n) is 8.98. The van der Waals surface area contributed by atoms with E-state index < -0.39 is 18.7 Å². The maximum Gasteiger partial charge on any atom is 0.401 e. The van der Waals surface area contributed by atoms with Gasteiger partial charge in [0.2, 0.25) is 0 Å². The zero-order chi connectivity index (χ0) is 20.4. The molecule has 1 fully saturated rings. The predicted octanol–water partition coefficient (Wildman–Crippen LogP) is 2.91. The van der Waals surface area contributed by atoms with Gasteiger partial charge in [-0.3, -0.25) is 9.69 Å². The minimum atomic E-state index is -4.25. The fraction of sp³-hybridized carbons (Fsp3) is 0.667. The number of aromatic nitrogens is 1. The number of ether oxygens (including phenoxy) is 1. The van der Waals surface area contributed by atoms with E-state index in [9.17, 15) is 22.8 Å². The summed E-state index contributed by atoms with van der Waals surface area (Å²) in [5.41, 5.74) is 1.66. The van der Waals surface area contributed by atoms with Gasteiger partial charge in [0.05, 0.1) is 18.2 Å². The van der Waals surface area contributed by atoms with Gasteiger partial charge in [-0.25, -0.2) is 4.79 Å². The number of esters is 1. The van der Waals surface area contributed by atoms with Crippen molar-refractivity contribution in [3.05, 3.63) is 22.5 Å². The number of H-pyrrole nitrogens is 1. The van der Waals surface area contributed by atoms with Gasteiger partial charge >= 0.3 is 12.1 Å². The van der Waals surface area contributed by atoms with Crippen LogP contribution in [0.3, 0.4) is 0 Å². The Balaban J connectivity index is 2.13. The highest BCUT2D eigenvalue weighted by Gasteiger charge is 2.33. The molecule has 1 aromatic heterocycles. The number of nitrogens with one attached hydrogen (secondary N) is 1. The molecular weight excluding hydrogens is 363 g/mol. The van der Waals surface area contributed by atoms with Crippen LogP contribution in [0.25, 0.3) is 0 Å². The van der Waals surface area contributed by atoms with Crippen LogP contribution in [0.4, 0.5) is 13.2 Å². The van der Waals surface area contributed by atoms with Crippen LogP contribution < -0.4 is 0 Å². The third kappa shape index (κ3) is 5.47. The summed E-state index contributed by atoms with van der Waals surface area (Å²) in [6, 6.07) is 0. The van der Waals surface area contributed by atoms with Crippen LogP contribution in [0.1, 0.15) is 52.4 Å². The molecule has 1 amide bonds. The minimum Gasteiger partial charge on any atom is -0.459 e. The van der Waals surface area contributed by atoms with Gasteiger partial charge in [-0.05, 0) is 39.7 Å². The van der Waals surface area contributed by atoms with Gasteiger partial charge in [0.1, 0.15) is 5.69 Å². The Hall–Kier alpha value is -2.03. The zero-order valence-electron chi connectivity index (χ0n) is 16.1. The fourth-order valence-electron chi connectivity index (χ4n) is 3.29. The number of aromatic amines is 1. The topological polar surface area (TPSA) is 65.6 Å². The smallest absolute Gasteiger partial charge is 0.401 e. The maximum atomic E-state index is 12.9. The molecule has 0 aromatic carbocycles. The van der Waals surface area contributed by atoms with E-state index >= 15 is 0 Å². The van der Waals surface area contributed by atoms with Gasteiger partial charge in [-0.15, -0.1) is 0 Å². The molecule has 0 unspecified atom stereocenters. The number of aryl methyl sites for hydroxylation is 1. The third-order valence-corrected chi connectivity index (χ3v) is 4.48. The summed E-state index contributed by atoms with van der Waals surface area (Å²) in [4.78, 5) is 30.9. The van der Waals surface area contributed by atoms with Crippen LogP contribution in [0.2, 0.25) is 0 Å². The Labute approximate surface area is 156 Å². The Morgan fingerprint density at radius 3 is 2.41 bits per heavy atom. The van der Waals surface area contributed by atoms with Gasteiger partial charge in [-0.2, -0.15) is 13.2 Å². The second-order valence-electron chi connectivity index (χ2n) is 7.12. The van der Waals surface area contributed by atoms with Crippen LogP contribution in [0.5, 0.6) is 0 Å². The molecule has 0 atom stereocenters. The minimum absolute atomic E-state index is 0.159. The predicted molar refractivity (Wildman–Crippen MR) is 93.8 cm³/mol. The number of carbonyl (C=O) groups is 2. The first-order valence-corrected chi connectivity index (χ1v) is 8.98. The van der Waals surface area contributed by atoms with Gasteiger partial charge in [0.15, 0.2) is 0 Å². The molecule has 0 radical (unpaired) electrons. The van der Waals surface area contributed by atoms with Crippen molar-refractivity contribution in [1.29, 1.82) is 0 Å². The number of rotatable bonds is 4. The molecule has 6 nitrogen and oxygen atoms in total. The number of hydrogen-bond donors (Lipinski definition) is 1. The molecule has 0 bridgehead atoms. The van der Waals surface area contributed by atoms with E-state index in [1.807, 2.05) is 0 Å². The van der Waals surface area contributed by atoms with Crippen molar-refractivity contribution in [2.24, 2.45) is 0 Å². The Morgan fingerprint density at radius 2 is 1.81 bits per heavy atom. The molecule has 27 heavy (non-hydrogen) atoms. The average molecular weight is 389 g/mol.